The van der Waals surface area contributed by atoms with Crippen molar-refractivity contribution in [2.75, 3.05) is 25.4 Å². The normalized spacial score (nSPS) is 9.60. The van der Waals surface area contributed by atoms with Gasteiger partial charge in [-0.2, -0.15) is 5.75 Å². The molecule has 0 saturated carbocycles. The SMILES string of the molecule is CCCN(CC)CC[S-].[Y]. The van der Waals surface area contributed by atoms with E-state index in [1.807, 2.05) is 0 Å². The average Bonchev–Trinajstić information content (AvgIpc) is 1.88. The second-order valence-electron chi connectivity index (χ2n) is 2.14. The predicted octanol–water partition coefficient (Wildman–Crippen LogP) is 1.26. The van der Waals surface area contributed by atoms with Crippen LogP contribution in [0.1, 0.15) is 20.3 Å². The van der Waals surface area contributed by atoms with Gasteiger partial charge in [-0.05, 0) is 26.1 Å². The summed E-state index contributed by atoms with van der Waals surface area (Å²) >= 11 is 4.87. The van der Waals surface area contributed by atoms with Crippen LogP contribution in [0.2, 0.25) is 0 Å². The van der Waals surface area contributed by atoms with E-state index >= 15 is 0 Å². The first-order chi connectivity index (χ1) is 4.35. The summed E-state index contributed by atoms with van der Waals surface area (Å²) in [5.41, 5.74) is 0. The molecule has 0 aliphatic rings. The van der Waals surface area contributed by atoms with Gasteiger partial charge in [0, 0.05) is 32.7 Å². The van der Waals surface area contributed by atoms with E-state index in [1.54, 1.807) is 0 Å². The van der Waals surface area contributed by atoms with Crippen molar-refractivity contribution in [2.24, 2.45) is 0 Å². The maximum Gasteiger partial charge on any atom is 0 e. The van der Waals surface area contributed by atoms with Crippen LogP contribution in [-0.4, -0.2) is 30.3 Å². The maximum atomic E-state index is 4.87. The third-order valence-corrected chi connectivity index (χ3v) is 1.58. The minimum Gasteiger partial charge on any atom is -0.791 e. The number of nitrogens with zero attached hydrogens (tertiary/aromatic N) is 1. The molecule has 10 heavy (non-hydrogen) atoms. The standard InChI is InChI=1S/C7H17NS.Y/c1-3-5-8(4-2)6-7-9;/h9H,3-7H2,1-2H3;/p-1. The van der Waals surface area contributed by atoms with E-state index in [0.29, 0.717) is 0 Å². The van der Waals surface area contributed by atoms with Gasteiger partial charge in [0.1, 0.15) is 0 Å². The minimum atomic E-state index is 0. The number of hydrogen-bond acceptors (Lipinski definition) is 2. The van der Waals surface area contributed by atoms with Crippen molar-refractivity contribution in [2.45, 2.75) is 20.3 Å². The average molecular weight is 235 g/mol. The molecule has 0 bridgehead atoms. The molecule has 1 radical (unpaired) electrons. The van der Waals surface area contributed by atoms with Crippen LogP contribution in [0.15, 0.2) is 0 Å². The van der Waals surface area contributed by atoms with E-state index < -0.39 is 0 Å². The van der Waals surface area contributed by atoms with Gasteiger partial charge in [-0.25, -0.2) is 0 Å². The van der Waals surface area contributed by atoms with E-state index in [2.05, 4.69) is 18.7 Å². The Morgan fingerprint density at radius 3 is 2.10 bits per heavy atom. The van der Waals surface area contributed by atoms with E-state index in [9.17, 15) is 0 Å². The van der Waals surface area contributed by atoms with Gasteiger partial charge in [0.2, 0.25) is 0 Å². The molecule has 0 aromatic rings. The molecule has 59 valence electrons. The van der Waals surface area contributed by atoms with Gasteiger partial charge >= 0.3 is 0 Å². The Morgan fingerprint density at radius 1 is 1.20 bits per heavy atom. The van der Waals surface area contributed by atoms with Gasteiger partial charge in [-0.1, -0.05) is 13.8 Å². The molecule has 0 aromatic heterocycles. The van der Waals surface area contributed by atoms with Gasteiger partial charge in [0.15, 0.2) is 0 Å². The molecule has 3 heteroatoms. The molecule has 0 aliphatic heterocycles. The van der Waals surface area contributed by atoms with Crippen LogP contribution in [0.3, 0.4) is 0 Å². The zero-order valence-corrected chi connectivity index (χ0v) is 10.6. The molecular weight excluding hydrogens is 219 g/mol. The summed E-state index contributed by atoms with van der Waals surface area (Å²) in [5, 5.41) is 0. The van der Waals surface area contributed by atoms with Crippen molar-refractivity contribution in [3.05, 3.63) is 0 Å². The second-order valence-corrected chi connectivity index (χ2v) is 2.55. The van der Waals surface area contributed by atoms with Crippen LogP contribution >= 0.6 is 0 Å². The largest absolute Gasteiger partial charge is 0.791 e. The summed E-state index contributed by atoms with van der Waals surface area (Å²) in [6.07, 6.45) is 1.24. The summed E-state index contributed by atoms with van der Waals surface area (Å²) in [7, 11) is 0. The molecule has 0 atom stereocenters. The van der Waals surface area contributed by atoms with Gasteiger partial charge < -0.3 is 17.5 Å². The van der Waals surface area contributed by atoms with Gasteiger partial charge in [0.25, 0.3) is 0 Å². The topological polar surface area (TPSA) is 3.24 Å². The van der Waals surface area contributed by atoms with Crippen molar-refractivity contribution in [1.82, 2.24) is 4.90 Å². The molecule has 0 unspecified atom stereocenters. The van der Waals surface area contributed by atoms with Gasteiger partial charge in [-0.3, -0.25) is 0 Å². The van der Waals surface area contributed by atoms with E-state index in [4.69, 9.17) is 12.6 Å². The molecule has 0 aromatic carbocycles. The summed E-state index contributed by atoms with van der Waals surface area (Å²) in [6.45, 7) is 7.81. The summed E-state index contributed by atoms with van der Waals surface area (Å²) in [6, 6.07) is 0. The Bertz CT molecular complexity index is 55.6. The van der Waals surface area contributed by atoms with Crippen LogP contribution < -0.4 is 0 Å². The molecule has 0 saturated heterocycles. The first-order valence-electron chi connectivity index (χ1n) is 3.65. The Hall–Kier alpha value is 1.41. The van der Waals surface area contributed by atoms with E-state index in [-0.39, 0.29) is 32.7 Å². The third kappa shape index (κ3) is 7.52. The molecule has 0 spiro atoms. The molecule has 0 amide bonds. The van der Waals surface area contributed by atoms with Crippen LogP contribution in [0.4, 0.5) is 0 Å². The maximum absolute atomic E-state index is 4.87. The monoisotopic (exact) mass is 235 g/mol. The van der Waals surface area contributed by atoms with Crippen molar-refractivity contribution in [3.63, 3.8) is 0 Å². The fourth-order valence-electron chi connectivity index (χ4n) is 0.873. The molecule has 0 heterocycles. The second kappa shape index (κ2) is 10.4. The van der Waals surface area contributed by atoms with Crippen molar-refractivity contribution in [3.8, 4) is 0 Å². The van der Waals surface area contributed by atoms with E-state index in [0.717, 1.165) is 18.8 Å². The molecule has 0 N–H and O–H groups in total. The molecule has 0 rings (SSSR count). The van der Waals surface area contributed by atoms with Crippen LogP contribution in [0, 0.1) is 0 Å². The zero-order valence-electron chi connectivity index (χ0n) is 6.97. The Morgan fingerprint density at radius 2 is 1.80 bits per heavy atom. The van der Waals surface area contributed by atoms with E-state index in [1.165, 1.54) is 13.0 Å². The number of hydrogen-bond donors (Lipinski definition) is 0. The smallest absolute Gasteiger partial charge is 0 e. The first kappa shape index (κ1) is 14.0. The van der Waals surface area contributed by atoms with Crippen LogP contribution in [-0.2, 0) is 45.3 Å². The first-order valence-corrected chi connectivity index (χ1v) is 4.23. The van der Waals surface area contributed by atoms with Crippen LogP contribution in [0.25, 0.3) is 0 Å². The molecular formula is C7H16NSY-. The fraction of sp³-hybridized carbons (Fsp3) is 1.00. The Balaban J connectivity index is 0. The number of rotatable bonds is 5. The van der Waals surface area contributed by atoms with Gasteiger partial charge in [0.05, 0.1) is 0 Å². The summed E-state index contributed by atoms with van der Waals surface area (Å²) in [5.74, 6) is 0.869. The predicted molar refractivity (Wildman–Crippen MR) is 44.6 cm³/mol. The zero-order chi connectivity index (χ0) is 7.11. The molecule has 0 aliphatic carbocycles. The Labute approximate surface area is 95.2 Å². The van der Waals surface area contributed by atoms with Gasteiger partial charge in [-0.15, -0.1) is 0 Å². The van der Waals surface area contributed by atoms with Crippen molar-refractivity contribution >= 4 is 12.6 Å². The molecule has 1 nitrogen and oxygen atoms in total. The Kier molecular flexibility index (Phi) is 14.5. The summed E-state index contributed by atoms with van der Waals surface area (Å²) < 4.78 is 0. The molecule has 0 fully saturated rings. The fourth-order valence-corrected chi connectivity index (χ4v) is 1.13. The summed E-state index contributed by atoms with van der Waals surface area (Å²) in [4.78, 5) is 2.38. The minimum absolute atomic E-state index is 0. The quantitative estimate of drug-likeness (QED) is 0.660. The third-order valence-electron chi connectivity index (χ3n) is 1.39. The van der Waals surface area contributed by atoms with Crippen molar-refractivity contribution < 1.29 is 32.7 Å². The van der Waals surface area contributed by atoms with Crippen LogP contribution in [0.5, 0.6) is 0 Å². The van der Waals surface area contributed by atoms with Crippen molar-refractivity contribution in [1.29, 1.82) is 0 Å².